The lowest BCUT2D eigenvalue weighted by Crippen LogP contribution is -2.23. The highest BCUT2D eigenvalue weighted by Crippen LogP contribution is 2.31. The summed E-state index contributed by atoms with van der Waals surface area (Å²) in [6.07, 6.45) is 1.97. The molecule has 0 saturated heterocycles. The molecule has 0 aliphatic heterocycles. The van der Waals surface area contributed by atoms with E-state index < -0.39 is 17.4 Å². The van der Waals surface area contributed by atoms with Gasteiger partial charge in [-0.25, -0.2) is 9.38 Å². The van der Waals surface area contributed by atoms with Crippen LogP contribution in [0.3, 0.4) is 0 Å². The molecule has 0 aliphatic rings. The third kappa shape index (κ3) is 2.89. The van der Waals surface area contributed by atoms with E-state index in [0.29, 0.717) is 10.1 Å². The summed E-state index contributed by atoms with van der Waals surface area (Å²) < 4.78 is 39.4. The van der Waals surface area contributed by atoms with Gasteiger partial charge >= 0.3 is 6.18 Å². The molecular formula is C15H10F3N3OS. The predicted molar refractivity (Wildman–Crippen MR) is 82.2 cm³/mol. The van der Waals surface area contributed by atoms with Crippen LogP contribution in [0.25, 0.3) is 17.1 Å². The molecule has 0 saturated carbocycles. The van der Waals surface area contributed by atoms with Crippen LogP contribution in [0.4, 0.5) is 13.2 Å². The topological polar surface area (TPSA) is 47.3 Å². The van der Waals surface area contributed by atoms with Gasteiger partial charge in [-0.1, -0.05) is 12.1 Å². The Labute approximate surface area is 132 Å². The van der Waals surface area contributed by atoms with Gasteiger partial charge in [-0.3, -0.25) is 9.78 Å². The molecule has 0 atom stereocenters. The Morgan fingerprint density at radius 2 is 2.09 bits per heavy atom. The summed E-state index contributed by atoms with van der Waals surface area (Å²) in [4.78, 5) is 20.4. The number of hydrogen-bond donors (Lipinski definition) is 0. The Bertz CT molecular complexity index is 942. The van der Waals surface area contributed by atoms with Gasteiger partial charge in [-0.15, -0.1) is 11.3 Å². The maximum absolute atomic E-state index is 12.9. The number of pyridine rings is 1. The smallest absolute Gasteiger partial charge is 0.269 e. The van der Waals surface area contributed by atoms with Crippen LogP contribution in [0, 0.1) is 6.92 Å². The minimum atomic E-state index is -4.59. The summed E-state index contributed by atoms with van der Waals surface area (Å²) in [5.74, 6) is 0. The first-order chi connectivity index (χ1) is 10.9. The Hall–Kier alpha value is -2.48. The monoisotopic (exact) mass is 337 g/mol. The Balaban J connectivity index is 2.13. The second-order valence-corrected chi connectivity index (χ2v) is 5.62. The van der Waals surface area contributed by atoms with Gasteiger partial charge in [0.25, 0.3) is 5.56 Å². The van der Waals surface area contributed by atoms with Crippen LogP contribution >= 0.6 is 11.3 Å². The van der Waals surface area contributed by atoms with Crippen LogP contribution in [0.5, 0.6) is 0 Å². The fourth-order valence-corrected chi connectivity index (χ4v) is 2.95. The first kappa shape index (κ1) is 15.4. The summed E-state index contributed by atoms with van der Waals surface area (Å²) in [5, 5.41) is 0.901. The molecule has 0 fully saturated rings. The van der Waals surface area contributed by atoms with Crippen molar-refractivity contribution >= 4 is 28.4 Å². The number of alkyl halides is 3. The van der Waals surface area contributed by atoms with Crippen molar-refractivity contribution in [2.75, 3.05) is 0 Å². The zero-order valence-electron chi connectivity index (χ0n) is 11.8. The van der Waals surface area contributed by atoms with Gasteiger partial charge in [0.15, 0.2) is 4.96 Å². The largest absolute Gasteiger partial charge is 0.432 e. The van der Waals surface area contributed by atoms with Gasteiger partial charge in [-0.2, -0.15) is 13.2 Å². The average molecular weight is 337 g/mol. The number of thiazole rings is 1. The highest BCUT2D eigenvalue weighted by Gasteiger charge is 2.35. The normalized spacial score (nSPS) is 12.3. The molecule has 3 heterocycles. The van der Waals surface area contributed by atoms with E-state index in [1.807, 2.05) is 6.07 Å². The van der Waals surface area contributed by atoms with E-state index in [1.165, 1.54) is 6.92 Å². The van der Waals surface area contributed by atoms with Crippen LogP contribution in [-0.2, 0) is 6.18 Å². The standard InChI is InChI=1S/C15H10F3N3OS/c1-9-11(5-4-10-3-2-6-19-7-10)20-14-21(13(9)22)12(8-23-14)15(16,17)18/h2-8H,1H3/b5-4+. The van der Waals surface area contributed by atoms with Crippen molar-refractivity contribution in [3.63, 3.8) is 0 Å². The first-order valence-electron chi connectivity index (χ1n) is 6.54. The second-order valence-electron chi connectivity index (χ2n) is 4.78. The number of aromatic nitrogens is 3. The minimum Gasteiger partial charge on any atom is -0.269 e. The molecule has 0 bridgehead atoms. The third-order valence-corrected chi connectivity index (χ3v) is 4.07. The number of rotatable bonds is 2. The molecule has 0 amide bonds. The summed E-state index contributed by atoms with van der Waals surface area (Å²) in [7, 11) is 0. The lowest BCUT2D eigenvalue weighted by atomic mass is 10.2. The Kier molecular flexibility index (Phi) is 3.77. The fraction of sp³-hybridized carbons (Fsp3) is 0.133. The van der Waals surface area contributed by atoms with E-state index in [1.54, 1.807) is 30.6 Å². The lowest BCUT2D eigenvalue weighted by Gasteiger charge is -2.07. The van der Waals surface area contributed by atoms with Crippen molar-refractivity contribution < 1.29 is 13.2 Å². The highest BCUT2D eigenvalue weighted by atomic mass is 32.1. The van der Waals surface area contributed by atoms with E-state index in [4.69, 9.17) is 0 Å². The molecule has 0 unspecified atom stereocenters. The van der Waals surface area contributed by atoms with Crippen LogP contribution < -0.4 is 5.56 Å². The molecule has 118 valence electrons. The summed E-state index contributed by atoms with van der Waals surface area (Å²) >= 11 is 0.785. The molecule has 3 rings (SSSR count). The molecule has 0 aromatic carbocycles. The van der Waals surface area contributed by atoms with E-state index in [-0.39, 0.29) is 10.5 Å². The second kappa shape index (κ2) is 5.62. The molecular weight excluding hydrogens is 327 g/mol. The molecule has 0 radical (unpaired) electrons. The molecule has 3 aromatic heterocycles. The van der Waals surface area contributed by atoms with Gasteiger partial charge < -0.3 is 0 Å². The maximum atomic E-state index is 12.9. The zero-order chi connectivity index (χ0) is 16.6. The van der Waals surface area contributed by atoms with Crippen molar-refractivity contribution in [3.05, 3.63) is 62.8 Å². The van der Waals surface area contributed by atoms with E-state index in [2.05, 4.69) is 9.97 Å². The summed E-state index contributed by atoms with van der Waals surface area (Å²) in [6.45, 7) is 1.46. The van der Waals surface area contributed by atoms with E-state index >= 15 is 0 Å². The Morgan fingerprint density at radius 1 is 1.30 bits per heavy atom. The van der Waals surface area contributed by atoms with Crippen molar-refractivity contribution in [2.24, 2.45) is 0 Å². The first-order valence-corrected chi connectivity index (χ1v) is 7.42. The third-order valence-electron chi connectivity index (χ3n) is 3.24. The number of fused-ring (bicyclic) bond motifs is 1. The molecule has 0 aliphatic carbocycles. The SMILES string of the molecule is Cc1c(/C=C/c2cccnc2)nc2scc(C(F)(F)F)n2c1=O. The van der Waals surface area contributed by atoms with Gasteiger partial charge in [-0.05, 0) is 24.6 Å². The quantitative estimate of drug-likeness (QED) is 0.717. The number of nitrogens with zero attached hydrogens (tertiary/aromatic N) is 3. The van der Waals surface area contributed by atoms with E-state index in [0.717, 1.165) is 22.3 Å². The molecule has 0 N–H and O–H groups in total. The Morgan fingerprint density at radius 3 is 2.74 bits per heavy atom. The van der Waals surface area contributed by atoms with Gasteiger partial charge in [0, 0.05) is 23.3 Å². The van der Waals surface area contributed by atoms with Gasteiger partial charge in [0.2, 0.25) is 0 Å². The van der Waals surface area contributed by atoms with Gasteiger partial charge in [0.1, 0.15) is 5.69 Å². The predicted octanol–water partition coefficient (Wildman–Crippen LogP) is 3.65. The van der Waals surface area contributed by atoms with Crippen molar-refractivity contribution in [1.82, 2.24) is 14.4 Å². The molecule has 0 spiro atoms. The van der Waals surface area contributed by atoms with Crippen molar-refractivity contribution in [1.29, 1.82) is 0 Å². The highest BCUT2D eigenvalue weighted by molar-refractivity contribution is 7.15. The number of hydrogen-bond acceptors (Lipinski definition) is 4. The van der Waals surface area contributed by atoms with E-state index in [9.17, 15) is 18.0 Å². The van der Waals surface area contributed by atoms with Crippen LogP contribution in [0.2, 0.25) is 0 Å². The van der Waals surface area contributed by atoms with Crippen molar-refractivity contribution in [2.45, 2.75) is 13.1 Å². The molecule has 4 nitrogen and oxygen atoms in total. The lowest BCUT2D eigenvalue weighted by molar-refractivity contribution is -0.141. The van der Waals surface area contributed by atoms with Crippen molar-refractivity contribution in [3.8, 4) is 0 Å². The van der Waals surface area contributed by atoms with Crippen LogP contribution in [0.15, 0.2) is 34.7 Å². The minimum absolute atomic E-state index is 0.0127. The van der Waals surface area contributed by atoms with Crippen LogP contribution in [-0.4, -0.2) is 14.4 Å². The molecule has 8 heteroatoms. The fourth-order valence-electron chi connectivity index (χ4n) is 2.06. The van der Waals surface area contributed by atoms with Gasteiger partial charge in [0.05, 0.1) is 5.69 Å². The molecule has 23 heavy (non-hydrogen) atoms. The maximum Gasteiger partial charge on any atom is 0.432 e. The average Bonchev–Trinajstić information content (AvgIpc) is 2.94. The molecule has 3 aromatic rings. The number of halogens is 3. The summed E-state index contributed by atoms with van der Waals surface area (Å²) in [5.41, 5.74) is -0.410. The zero-order valence-corrected chi connectivity index (χ0v) is 12.6. The summed E-state index contributed by atoms with van der Waals surface area (Å²) in [6, 6.07) is 3.57. The van der Waals surface area contributed by atoms with Crippen LogP contribution in [0.1, 0.15) is 22.5 Å².